The fourth-order valence-corrected chi connectivity index (χ4v) is 2.67. The Hall–Kier alpha value is -4.62. The van der Waals surface area contributed by atoms with Gasteiger partial charge in [-0.05, 0) is 39.8 Å². The third kappa shape index (κ3) is 4.36. The summed E-state index contributed by atoms with van der Waals surface area (Å²) in [6.45, 7) is 6.53. The molecule has 0 saturated heterocycles. The second-order valence-electron chi connectivity index (χ2n) is 6.64. The molecule has 0 fully saturated rings. The minimum atomic E-state index is -2.16. The summed E-state index contributed by atoms with van der Waals surface area (Å²) in [5.41, 5.74) is 5.74. The molecule has 1 aromatic carbocycles. The van der Waals surface area contributed by atoms with Crippen LogP contribution in [0.4, 0.5) is 0 Å². The number of oxime groups is 2. The second kappa shape index (κ2) is 9.25. The highest BCUT2D eigenvalue weighted by molar-refractivity contribution is 5.92. The quantitative estimate of drug-likeness (QED) is 0.329. The minimum Gasteiger partial charge on any atom is -0.426 e. The van der Waals surface area contributed by atoms with Gasteiger partial charge in [-0.15, -0.1) is 0 Å². The van der Waals surface area contributed by atoms with E-state index in [1.54, 1.807) is 52.0 Å². The number of benzene rings is 1. The second-order valence-corrected chi connectivity index (χ2v) is 6.64. The van der Waals surface area contributed by atoms with E-state index < -0.39 is 23.2 Å². The predicted molar refractivity (Wildman–Crippen MR) is 108 cm³/mol. The maximum atomic E-state index is 12.7. The molecule has 1 aliphatic heterocycles. The summed E-state index contributed by atoms with van der Waals surface area (Å²) < 4.78 is 5.70. The highest BCUT2D eigenvalue weighted by Gasteiger charge is 2.54. The standard InChI is InChI=1S/C21H18N6O4/c1-12(2)26-30-20(28)15-7-5-6-8-17(15)21(31-27-13(3)4)18(14(9-22)10-23)16(11-24)19(25)29-21/h5-8H,25H2,1-4H3. The minimum absolute atomic E-state index is 0.0140. The summed E-state index contributed by atoms with van der Waals surface area (Å²) in [5, 5.41) is 36.2. The Morgan fingerprint density at radius 2 is 1.68 bits per heavy atom. The van der Waals surface area contributed by atoms with Gasteiger partial charge in [0.1, 0.15) is 29.4 Å². The van der Waals surface area contributed by atoms with Crippen LogP contribution in [0.5, 0.6) is 0 Å². The Morgan fingerprint density at radius 3 is 2.23 bits per heavy atom. The molecule has 0 spiro atoms. The zero-order chi connectivity index (χ0) is 23.2. The molecule has 2 N–H and O–H groups in total. The lowest BCUT2D eigenvalue weighted by Gasteiger charge is -2.29. The topological polar surface area (TPSA) is 167 Å². The molecule has 1 aromatic rings. The van der Waals surface area contributed by atoms with Crippen LogP contribution >= 0.6 is 0 Å². The third-order valence-electron chi connectivity index (χ3n) is 3.83. The van der Waals surface area contributed by atoms with Crippen molar-refractivity contribution in [1.29, 1.82) is 15.8 Å². The molecular formula is C21H18N6O4. The van der Waals surface area contributed by atoms with Crippen LogP contribution in [0.15, 0.2) is 57.2 Å². The number of hydrogen-bond acceptors (Lipinski definition) is 10. The van der Waals surface area contributed by atoms with Crippen molar-refractivity contribution in [2.24, 2.45) is 16.0 Å². The van der Waals surface area contributed by atoms with Gasteiger partial charge in [-0.1, -0.05) is 22.4 Å². The van der Waals surface area contributed by atoms with Gasteiger partial charge in [-0.25, -0.2) is 4.79 Å². The molecule has 156 valence electrons. The van der Waals surface area contributed by atoms with E-state index in [0.29, 0.717) is 11.4 Å². The van der Waals surface area contributed by atoms with E-state index in [1.807, 2.05) is 6.07 Å². The molecule has 31 heavy (non-hydrogen) atoms. The first-order chi connectivity index (χ1) is 14.7. The number of carbonyl (C=O) groups is 1. The molecule has 0 saturated carbocycles. The van der Waals surface area contributed by atoms with Crippen molar-refractivity contribution >= 4 is 17.4 Å². The zero-order valence-corrected chi connectivity index (χ0v) is 17.3. The molecular weight excluding hydrogens is 400 g/mol. The predicted octanol–water partition coefficient (Wildman–Crippen LogP) is 2.87. The molecule has 0 bridgehead atoms. The smallest absolute Gasteiger partial charge is 0.366 e. The number of allylic oxidation sites excluding steroid dienone is 1. The van der Waals surface area contributed by atoms with E-state index >= 15 is 0 Å². The number of nitrogens with two attached hydrogens (primary N) is 1. The maximum absolute atomic E-state index is 12.7. The van der Waals surface area contributed by atoms with Gasteiger partial charge in [0.15, 0.2) is 0 Å². The first-order valence-corrected chi connectivity index (χ1v) is 8.87. The van der Waals surface area contributed by atoms with Crippen LogP contribution in [0.3, 0.4) is 0 Å². The monoisotopic (exact) mass is 418 g/mol. The van der Waals surface area contributed by atoms with Crippen LogP contribution in [0.25, 0.3) is 0 Å². The molecule has 0 radical (unpaired) electrons. The number of nitriles is 3. The van der Waals surface area contributed by atoms with Crippen LogP contribution in [-0.4, -0.2) is 17.4 Å². The number of ether oxygens (including phenoxy) is 1. The van der Waals surface area contributed by atoms with Crippen molar-refractivity contribution in [3.8, 4) is 18.2 Å². The van der Waals surface area contributed by atoms with Crippen LogP contribution < -0.4 is 5.73 Å². The average Bonchev–Trinajstić information content (AvgIpc) is 3.03. The molecule has 1 unspecified atom stereocenters. The first kappa shape index (κ1) is 22.7. The van der Waals surface area contributed by atoms with Crippen LogP contribution in [-0.2, 0) is 20.2 Å². The molecule has 0 aliphatic carbocycles. The molecule has 1 heterocycles. The van der Waals surface area contributed by atoms with Gasteiger partial charge in [0.25, 0.3) is 0 Å². The van der Waals surface area contributed by atoms with Crippen molar-refractivity contribution in [2.45, 2.75) is 33.5 Å². The van der Waals surface area contributed by atoms with E-state index in [0.717, 1.165) is 0 Å². The third-order valence-corrected chi connectivity index (χ3v) is 3.83. The Kier molecular flexibility index (Phi) is 6.76. The average molecular weight is 418 g/mol. The number of hydrogen-bond donors (Lipinski definition) is 1. The Bertz CT molecular complexity index is 1150. The summed E-state index contributed by atoms with van der Waals surface area (Å²) in [6.07, 6.45) is 0. The summed E-state index contributed by atoms with van der Waals surface area (Å²) in [6, 6.07) is 11.2. The van der Waals surface area contributed by atoms with E-state index in [4.69, 9.17) is 20.1 Å². The SMILES string of the molecule is CC(C)=NOC(=O)c1ccccc1C1(ON=C(C)C)OC(N)=C(C#N)C1=C(C#N)C#N. The fourth-order valence-electron chi connectivity index (χ4n) is 2.67. The maximum Gasteiger partial charge on any atom is 0.366 e. The highest BCUT2D eigenvalue weighted by Crippen LogP contribution is 2.48. The molecule has 0 aromatic heterocycles. The molecule has 1 atom stereocenters. The summed E-state index contributed by atoms with van der Waals surface area (Å²) in [5.74, 6) is -3.41. The lowest BCUT2D eigenvalue weighted by Crippen LogP contribution is -2.34. The van der Waals surface area contributed by atoms with Gasteiger partial charge in [-0.2, -0.15) is 15.8 Å². The number of nitrogens with zero attached hydrogens (tertiary/aromatic N) is 5. The van der Waals surface area contributed by atoms with E-state index in [-0.39, 0.29) is 22.3 Å². The summed E-state index contributed by atoms with van der Waals surface area (Å²) in [4.78, 5) is 23.3. The highest BCUT2D eigenvalue weighted by atomic mass is 16.8. The summed E-state index contributed by atoms with van der Waals surface area (Å²) in [7, 11) is 0. The Morgan fingerprint density at radius 1 is 1.06 bits per heavy atom. The van der Waals surface area contributed by atoms with E-state index in [9.17, 15) is 20.6 Å². The largest absolute Gasteiger partial charge is 0.426 e. The van der Waals surface area contributed by atoms with Crippen LogP contribution in [0.1, 0.15) is 43.6 Å². The van der Waals surface area contributed by atoms with Crippen molar-refractivity contribution in [2.75, 3.05) is 0 Å². The van der Waals surface area contributed by atoms with Gasteiger partial charge in [0.05, 0.1) is 28.1 Å². The van der Waals surface area contributed by atoms with Crippen molar-refractivity contribution in [1.82, 2.24) is 0 Å². The molecule has 10 nitrogen and oxygen atoms in total. The number of carbonyl (C=O) groups excluding carboxylic acids is 1. The molecule has 1 aliphatic rings. The van der Waals surface area contributed by atoms with Crippen molar-refractivity contribution < 1.29 is 19.2 Å². The Balaban J connectivity index is 2.89. The van der Waals surface area contributed by atoms with Crippen molar-refractivity contribution in [3.05, 3.63) is 58.0 Å². The van der Waals surface area contributed by atoms with Crippen LogP contribution in [0.2, 0.25) is 0 Å². The fraction of sp³-hybridized carbons (Fsp3) is 0.238. The first-order valence-electron chi connectivity index (χ1n) is 8.87. The summed E-state index contributed by atoms with van der Waals surface area (Å²) >= 11 is 0. The zero-order valence-electron chi connectivity index (χ0n) is 17.3. The van der Waals surface area contributed by atoms with E-state index in [2.05, 4.69) is 10.3 Å². The van der Waals surface area contributed by atoms with Gasteiger partial charge >= 0.3 is 11.8 Å². The van der Waals surface area contributed by atoms with E-state index in [1.165, 1.54) is 12.1 Å². The Labute approximate surface area is 178 Å². The molecule has 0 amide bonds. The number of rotatable bonds is 5. The van der Waals surface area contributed by atoms with Gasteiger partial charge in [-0.3, -0.25) is 0 Å². The lowest BCUT2D eigenvalue weighted by atomic mass is 9.88. The molecule has 10 heteroatoms. The van der Waals surface area contributed by atoms with Crippen molar-refractivity contribution in [3.63, 3.8) is 0 Å². The van der Waals surface area contributed by atoms with Gasteiger partial charge in [0.2, 0.25) is 5.88 Å². The van der Waals surface area contributed by atoms with Gasteiger partial charge in [0, 0.05) is 0 Å². The van der Waals surface area contributed by atoms with Crippen LogP contribution in [0, 0.1) is 34.0 Å². The molecule has 2 rings (SSSR count). The lowest BCUT2D eigenvalue weighted by molar-refractivity contribution is -0.187. The normalized spacial score (nSPS) is 16.7. The van der Waals surface area contributed by atoms with Gasteiger partial charge < -0.3 is 20.1 Å².